The fraction of sp³-hybridized carbons (Fsp3) is 0. The summed E-state index contributed by atoms with van der Waals surface area (Å²) < 4.78 is 8.77. The van der Waals surface area contributed by atoms with Gasteiger partial charge in [0.25, 0.3) is 7.82 Å². The molecule has 0 saturated carbocycles. The normalized spacial score (nSPS) is 5.90. The molecule has 0 aliphatic rings. The van der Waals surface area contributed by atoms with E-state index in [1.54, 1.807) is 0 Å². The predicted molar refractivity (Wildman–Crippen MR) is 15.9 cm³/mol. The Morgan fingerprint density at radius 1 is 1.10 bits per heavy atom. The van der Waals surface area contributed by atoms with E-state index in [0.717, 1.165) is 0 Å². The van der Waals surface area contributed by atoms with Crippen LogP contribution in [0.5, 0.6) is 0 Å². The zero-order valence-corrected chi connectivity index (χ0v) is 14.1. The zero-order chi connectivity index (χ0) is 4.50. The van der Waals surface area contributed by atoms with Gasteiger partial charge in [0.1, 0.15) is 0 Å². The monoisotopic (exact) mass is 216 g/mol. The molecule has 0 spiro atoms. The Morgan fingerprint density at radius 3 is 1.10 bits per heavy atom. The first-order valence-electron chi connectivity index (χ1n) is 0.765. The average Bonchev–Trinajstić information content (AvgIpc) is 0.722. The molecular weight excluding hydrogens is 212 g/mol. The number of hydrogen-bond acceptors (Lipinski definition) is 4. The van der Waals surface area contributed by atoms with E-state index in [1.165, 1.54) is 0 Å². The van der Waals surface area contributed by atoms with E-state index in [1.807, 2.05) is 0 Å². The molecule has 0 rings (SSSR count). The number of phosphoric acid groups is 1. The van der Waals surface area contributed by atoms with E-state index in [4.69, 9.17) is 19.2 Å². The van der Waals surface area contributed by atoms with Crippen LogP contribution in [0.25, 0.3) is 0 Å². The first-order valence-corrected chi connectivity index (χ1v) is 2.30. The van der Waals surface area contributed by atoms with Crippen molar-refractivity contribution < 1.29 is 141 Å². The molecular formula is H4KNa2O6P. The molecule has 0 bridgehead atoms. The fourth-order valence-corrected chi connectivity index (χ4v) is 0. The Hall–Kier alpha value is 3.67. The molecule has 0 heterocycles. The van der Waals surface area contributed by atoms with E-state index < -0.39 is 7.82 Å². The minimum atomic E-state index is -4.89. The quantitative estimate of drug-likeness (QED) is 0.304. The van der Waals surface area contributed by atoms with E-state index in [0.29, 0.717) is 0 Å². The minimum absolute atomic E-state index is 0. The van der Waals surface area contributed by atoms with Crippen LogP contribution in [-0.4, -0.2) is 20.7 Å². The van der Waals surface area contributed by atoms with Crippen molar-refractivity contribution in [3.63, 3.8) is 0 Å². The Morgan fingerprint density at radius 2 is 1.10 bits per heavy atom. The van der Waals surface area contributed by atoms with E-state index in [2.05, 4.69) is 0 Å². The van der Waals surface area contributed by atoms with Crippen LogP contribution < -0.4 is 115 Å². The minimum Gasteiger partial charge on any atom is -0.870 e. The van der Waals surface area contributed by atoms with Gasteiger partial charge in [0.15, 0.2) is 0 Å². The molecule has 0 aromatic rings. The molecule has 10 heteroatoms. The van der Waals surface area contributed by atoms with Crippen molar-refractivity contribution in [2.75, 3.05) is 0 Å². The van der Waals surface area contributed by atoms with Gasteiger partial charge in [-0.25, -0.2) is 0 Å². The molecule has 0 unspecified atom stereocenters. The van der Waals surface area contributed by atoms with Crippen LogP contribution in [-0.2, 0) is 4.57 Å². The molecule has 0 amide bonds. The number of rotatable bonds is 0. The average molecular weight is 216 g/mol. The second kappa shape index (κ2) is 18.5. The third-order valence-corrected chi connectivity index (χ3v) is 0. The third-order valence-electron chi connectivity index (χ3n) is 0. The maximum Gasteiger partial charge on any atom is 1.00 e. The van der Waals surface area contributed by atoms with E-state index in [-0.39, 0.29) is 121 Å². The van der Waals surface area contributed by atoms with Crippen molar-refractivity contribution in [3.05, 3.63) is 0 Å². The second-order valence-electron chi connectivity index (χ2n) is 0.491. The molecule has 0 aliphatic carbocycles. The topological polar surface area (TPSA) is 141 Å². The maximum atomic E-state index is 8.77. The standard InChI is InChI=1S/K.2Na.H3O4P.2H2O/c;;;1-5(2,3)4;;/h;;;(H3,1,2,3,4);2*1H2/q3*+1;;;/p-3. The second-order valence-corrected chi connectivity index (χ2v) is 1.47. The molecule has 4 N–H and O–H groups in total. The summed E-state index contributed by atoms with van der Waals surface area (Å²) in [6, 6.07) is 0. The van der Waals surface area contributed by atoms with Crippen LogP contribution in [0.2, 0.25) is 0 Å². The summed E-state index contributed by atoms with van der Waals surface area (Å²) in [5, 5.41) is 0. The first kappa shape index (κ1) is 37.3. The van der Waals surface area contributed by atoms with Gasteiger partial charge < -0.3 is 25.6 Å². The fourth-order valence-electron chi connectivity index (χ4n) is 0. The largest absolute Gasteiger partial charge is 1.00 e. The van der Waals surface area contributed by atoms with Gasteiger partial charge >= 0.3 is 110 Å². The molecule has 10 heavy (non-hydrogen) atoms. The summed E-state index contributed by atoms with van der Waals surface area (Å²) in [4.78, 5) is 22.9. The van der Waals surface area contributed by atoms with Gasteiger partial charge in [-0.3, -0.25) is 4.57 Å². The van der Waals surface area contributed by atoms with Crippen LogP contribution in [0.4, 0.5) is 0 Å². The SMILES string of the molecule is O=P([O-])(O)O.[K+].[Na+].[Na+].[OH-].[OH-]. The van der Waals surface area contributed by atoms with Crippen molar-refractivity contribution in [2.24, 2.45) is 0 Å². The van der Waals surface area contributed by atoms with Crippen LogP contribution in [0.1, 0.15) is 0 Å². The molecule has 0 aromatic carbocycles. The van der Waals surface area contributed by atoms with Gasteiger partial charge in [0.2, 0.25) is 0 Å². The summed E-state index contributed by atoms with van der Waals surface area (Å²) in [7, 11) is -4.89. The Balaban J connectivity index is -0.00000000800. The van der Waals surface area contributed by atoms with Crippen LogP contribution in [0.3, 0.4) is 0 Å². The molecule has 0 aliphatic heterocycles. The third kappa shape index (κ3) is 98.7. The summed E-state index contributed by atoms with van der Waals surface area (Å²) in [6.45, 7) is 0. The van der Waals surface area contributed by atoms with Crippen LogP contribution >= 0.6 is 7.82 Å². The van der Waals surface area contributed by atoms with Crippen LogP contribution in [0, 0.1) is 0 Å². The van der Waals surface area contributed by atoms with Gasteiger partial charge in [0, 0.05) is 0 Å². The molecule has 0 fully saturated rings. The molecule has 0 atom stereocenters. The van der Waals surface area contributed by atoms with Crippen molar-refractivity contribution in [1.82, 2.24) is 0 Å². The van der Waals surface area contributed by atoms with Gasteiger partial charge in [-0.05, 0) is 0 Å². The van der Waals surface area contributed by atoms with Crippen molar-refractivity contribution in [3.8, 4) is 0 Å². The summed E-state index contributed by atoms with van der Waals surface area (Å²) in [5.74, 6) is 0. The summed E-state index contributed by atoms with van der Waals surface area (Å²) >= 11 is 0. The van der Waals surface area contributed by atoms with Gasteiger partial charge in [-0.1, -0.05) is 0 Å². The Labute approximate surface area is 145 Å². The van der Waals surface area contributed by atoms with Crippen molar-refractivity contribution >= 4 is 7.82 Å². The molecule has 6 nitrogen and oxygen atoms in total. The molecule has 0 radical (unpaired) electrons. The van der Waals surface area contributed by atoms with Gasteiger partial charge in [-0.15, -0.1) is 0 Å². The van der Waals surface area contributed by atoms with Gasteiger partial charge in [0.05, 0.1) is 0 Å². The van der Waals surface area contributed by atoms with Crippen LogP contribution in [0.15, 0.2) is 0 Å². The first-order chi connectivity index (χ1) is 2.00. The Kier molecular flexibility index (Phi) is 68.8. The summed E-state index contributed by atoms with van der Waals surface area (Å²) in [5.41, 5.74) is 0. The molecule has 0 saturated heterocycles. The van der Waals surface area contributed by atoms with Crippen molar-refractivity contribution in [1.29, 1.82) is 0 Å². The van der Waals surface area contributed by atoms with Gasteiger partial charge in [-0.2, -0.15) is 0 Å². The zero-order valence-electron chi connectivity index (χ0n) is 6.05. The molecule has 0 aromatic heterocycles. The number of hydrogen-bond donors (Lipinski definition) is 2. The predicted octanol–water partition coefficient (Wildman–Crippen LogP) is -10.9. The van der Waals surface area contributed by atoms with E-state index >= 15 is 0 Å². The smallest absolute Gasteiger partial charge is 0.870 e. The molecule has 48 valence electrons. The summed E-state index contributed by atoms with van der Waals surface area (Å²) in [6.07, 6.45) is 0. The van der Waals surface area contributed by atoms with Crippen molar-refractivity contribution in [2.45, 2.75) is 0 Å². The van der Waals surface area contributed by atoms with E-state index in [9.17, 15) is 0 Å². The Bertz CT molecular complexity index is 61.9. The maximum absolute atomic E-state index is 8.77.